The number of rotatable bonds is 9. The van der Waals surface area contributed by atoms with Crippen LogP contribution in [0.4, 0.5) is 22.2 Å². The highest BCUT2D eigenvalue weighted by Crippen LogP contribution is 2.41. The Morgan fingerprint density at radius 3 is 2.51 bits per heavy atom. The van der Waals surface area contributed by atoms with Crippen molar-refractivity contribution in [3.8, 4) is 5.75 Å². The zero-order chi connectivity index (χ0) is 33.5. The molecule has 1 N–H and O–H groups in total. The van der Waals surface area contributed by atoms with E-state index < -0.39 is 5.60 Å². The van der Waals surface area contributed by atoms with Gasteiger partial charge in [0.1, 0.15) is 17.2 Å². The maximum absolute atomic E-state index is 12.7. The average Bonchev–Trinajstić information content (AvgIpc) is 2.99. The predicted molar refractivity (Wildman–Crippen MR) is 182 cm³/mol. The Morgan fingerprint density at radius 1 is 1.11 bits per heavy atom. The Bertz CT molecular complexity index is 1720. The van der Waals surface area contributed by atoms with Gasteiger partial charge in [0, 0.05) is 75.8 Å². The summed E-state index contributed by atoms with van der Waals surface area (Å²) in [7, 11) is 1.68. The molecule has 3 aliphatic rings. The number of piperidine rings is 1. The third-order valence-electron chi connectivity index (χ3n) is 9.20. The van der Waals surface area contributed by atoms with Gasteiger partial charge in [0.15, 0.2) is 17.4 Å². The van der Waals surface area contributed by atoms with Crippen molar-refractivity contribution in [1.82, 2.24) is 24.3 Å². The number of pyridine rings is 1. The quantitative estimate of drug-likeness (QED) is 0.339. The fraction of sp³-hybridized carbons (Fsp3) is 0.559. The number of Topliss-reactive ketones (excluding diaryl/α,β-unsaturated/α-hetero) is 1. The number of carbonyl (C=O) groups excluding carboxylic acids is 2. The summed E-state index contributed by atoms with van der Waals surface area (Å²) >= 11 is 6.52. The van der Waals surface area contributed by atoms with Crippen LogP contribution >= 0.6 is 11.6 Å². The molecule has 3 saturated heterocycles. The molecule has 13 heteroatoms. The smallest absolute Gasteiger partial charge is 0.410 e. The molecule has 0 bridgehead atoms. The Morgan fingerprint density at radius 2 is 1.83 bits per heavy atom. The first-order valence-corrected chi connectivity index (χ1v) is 16.7. The number of aromatic nitrogens is 3. The second-order valence-electron chi connectivity index (χ2n) is 14.3. The molecule has 0 aliphatic carbocycles. The van der Waals surface area contributed by atoms with Gasteiger partial charge in [0.25, 0.3) is 5.56 Å². The van der Waals surface area contributed by atoms with Crippen molar-refractivity contribution in [1.29, 1.82) is 0 Å². The van der Waals surface area contributed by atoms with Crippen molar-refractivity contribution in [2.24, 2.45) is 18.4 Å². The van der Waals surface area contributed by atoms with Gasteiger partial charge in [-0.25, -0.2) is 9.78 Å². The number of hydrogen-bond donors (Lipinski definition) is 1. The molecule has 0 unspecified atom stereocenters. The molecule has 5 heterocycles. The summed E-state index contributed by atoms with van der Waals surface area (Å²) in [5.74, 6) is 1.80. The maximum atomic E-state index is 12.7. The van der Waals surface area contributed by atoms with Gasteiger partial charge in [-0.05, 0) is 63.8 Å². The summed E-state index contributed by atoms with van der Waals surface area (Å²) in [6.07, 6.45) is 3.88. The van der Waals surface area contributed by atoms with Crippen molar-refractivity contribution in [3.05, 3.63) is 45.8 Å². The Balaban J connectivity index is 1.02. The van der Waals surface area contributed by atoms with Crippen molar-refractivity contribution < 1.29 is 19.1 Å². The van der Waals surface area contributed by atoms with Crippen molar-refractivity contribution >= 4 is 51.8 Å². The van der Waals surface area contributed by atoms with Crippen LogP contribution < -0.4 is 20.5 Å². The van der Waals surface area contributed by atoms with Crippen LogP contribution in [0.15, 0.2) is 35.3 Å². The zero-order valence-electron chi connectivity index (χ0n) is 27.8. The standard InChI is InChI=1S/C34H44ClN7O5/c1-6-25(43)17-46-28-14-23-13-24(7-8-27(23)39(5)30(28)44)37-29-26(35)15-36-31(38-29)41-11-9-22(10-12-41)16-40-18-34(19-40)20-42(21-34)32(45)47-33(2,3)4/h7-8,13-15,22H,6,9-12,16-21H2,1-5H3,(H,36,37,38). The number of nitrogens with zero attached hydrogens (tertiary/aromatic N) is 6. The minimum Gasteiger partial charge on any atom is -0.480 e. The van der Waals surface area contributed by atoms with E-state index in [0.717, 1.165) is 75.2 Å². The number of anilines is 3. The van der Waals surface area contributed by atoms with E-state index in [2.05, 4.69) is 20.1 Å². The van der Waals surface area contributed by atoms with Crippen LogP contribution in [0.25, 0.3) is 10.9 Å². The van der Waals surface area contributed by atoms with Crippen molar-refractivity contribution in [2.45, 2.75) is 52.6 Å². The van der Waals surface area contributed by atoms with E-state index in [-0.39, 0.29) is 35.2 Å². The topological polar surface area (TPSA) is 122 Å². The summed E-state index contributed by atoms with van der Waals surface area (Å²) in [6.45, 7) is 13.8. The second kappa shape index (κ2) is 13.0. The Labute approximate surface area is 280 Å². The SMILES string of the molecule is CCC(=O)COc1cc2cc(Nc3nc(N4CCC(CN5CC6(C5)CN(C(=O)OC(C)(C)C)C6)CC4)ncc3Cl)ccc2n(C)c1=O. The first kappa shape index (κ1) is 33.0. The summed E-state index contributed by atoms with van der Waals surface area (Å²) in [5, 5.41) is 4.49. The molecule has 3 fully saturated rings. The second-order valence-corrected chi connectivity index (χ2v) is 14.7. The number of halogens is 1. The van der Waals surface area contributed by atoms with Gasteiger partial charge in [-0.2, -0.15) is 4.98 Å². The molecule has 1 amide bonds. The molecule has 1 spiro atoms. The van der Waals surface area contributed by atoms with Crippen LogP contribution in [0.5, 0.6) is 5.75 Å². The monoisotopic (exact) mass is 665 g/mol. The summed E-state index contributed by atoms with van der Waals surface area (Å²) in [5.41, 5.74) is 0.953. The highest BCUT2D eigenvalue weighted by Gasteiger charge is 2.54. The van der Waals surface area contributed by atoms with Gasteiger partial charge in [0.05, 0.1) is 11.7 Å². The Kier molecular flexibility index (Phi) is 9.10. The summed E-state index contributed by atoms with van der Waals surface area (Å²) < 4.78 is 12.6. The van der Waals surface area contributed by atoms with Crippen molar-refractivity contribution in [3.63, 3.8) is 0 Å². The lowest BCUT2D eigenvalue weighted by Gasteiger charge is -2.60. The van der Waals surface area contributed by atoms with Crippen LogP contribution in [-0.2, 0) is 16.6 Å². The lowest BCUT2D eigenvalue weighted by molar-refractivity contribution is -0.120. The van der Waals surface area contributed by atoms with E-state index in [4.69, 9.17) is 26.1 Å². The van der Waals surface area contributed by atoms with Gasteiger partial charge >= 0.3 is 6.09 Å². The molecule has 252 valence electrons. The number of benzene rings is 1. The molecule has 3 aliphatic heterocycles. The third-order valence-corrected chi connectivity index (χ3v) is 9.48. The predicted octanol–water partition coefficient (Wildman–Crippen LogP) is 4.85. The molecule has 0 radical (unpaired) electrons. The fourth-order valence-corrected chi connectivity index (χ4v) is 6.90. The summed E-state index contributed by atoms with van der Waals surface area (Å²) in [4.78, 5) is 52.7. The van der Waals surface area contributed by atoms with E-state index in [1.807, 2.05) is 43.9 Å². The lowest BCUT2D eigenvalue weighted by Crippen LogP contribution is -2.73. The lowest BCUT2D eigenvalue weighted by atomic mass is 9.72. The number of likely N-dealkylation sites (tertiary alicyclic amines) is 2. The number of ketones is 1. The number of carbonyl (C=O) groups is 2. The molecule has 0 atom stereocenters. The molecular formula is C34H44ClN7O5. The molecule has 3 aromatic rings. The van der Waals surface area contributed by atoms with E-state index in [0.29, 0.717) is 29.1 Å². The zero-order valence-corrected chi connectivity index (χ0v) is 28.6. The molecule has 47 heavy (non-hydrogen) atoms. The van der Waals surface area contributed by atoms with Crippen LogP contribution in [0, 0.1) is 11.3 Å². The minimum atomic E-state index is -0.463. The maximum Gasteiger partial charge on any atom is 0.410 e. The first-order chi connectivity index (χ1) is 22.3. The van der Waals surface area contributed by atoms with Crippen molar-refractivity contribution in [2.75, 3.05) is 62.6 Å². The van der Waals surface area contributed by atoms with Crippen LogP contribution in [0.3, 0.4) is 0 Å². The first-order valence-electron chi connectivity index (χ1n) is 16.3. The van der Waals surface area contributed by atoms with Gasteiger partial charge in [0.2, 0.25) is 5.95 Å². The molecular weight excluding hydrogens is 622 g/mol. The van der Waals surface area contributed by atoms with E-state index >= 15 is 0 Å². The highest BCUT2D eigenvalue weighted by molar-refractivity contribution is 6.32. The van der Waals surface area contributed by atoms with Crippen LogP contribution in [-0.4, -0.2) is 94.2 Å². The number of fused-ring (bicyclic) bond motifs is 1. The number of amides is 1. The molecule has 6 rings (SSSR count). The molecule has 1 aromatic carbocycles. The van der Waals surface area contributed by atoms with E-state index in [1.165, 1.54) is 4.57 Å². The van der Waals surface area contributed by atoms with E-state index in [9.17, 15) is 14.4 Å². The van der Waals surface area contributed by atoms with Gasteiger partial charge in [-0.3, -0.25) is 9.59 Å². The van der Waals surface area contributed by atoms with Gasteiger partial charge in [-0.1, -0.05) is 18.5 Å². The number of ether oxygens (including phenoxy) is 2. The minimum absolute atomic E-state index is 0.0754. The molecule has 12 nitrogen and oxygen atoms in total. The van der Waals surface area contributed by atoms with Crippen LogP contribution in [0.2, 0.25) is 5.02 Å². The third kappa shape index (κ3) is 7.33. The molecule has 2 aromatic heterocycles. The normalized spacial score (nSPS) is 18.2. The number of aryl methyl sites for hydroxylation is 1. The average molecular weight is 666 g/mol. The Hall–Kier alpha value is -3.90. The summed E-state index contributed by atoms with van der Waals surface area (Å²) in [6, 6.07) is 7.27. The van der Waals surface area contributed by atoms with Gasteiger partial charge < -0.3 is 34.1 Å². The molecule has 0 saturated carbocycles. The fourth-order valence-electron chi connectivity index (χ4n) is 6.76. The highest BCUT2D eigenvalue weighted by atomic mass is 35.5. The van der Waals surface area contributed by atoms with E-state index in [1.54, 1.807) is 26.2 Å². The van der Waals surface area contributed by atoms with Crippen LogP contribution in [0.1, 0.15) is 47.0 Å². The van der Waals surface area contributed by atoms with Gasteiger partial charge in [-0.15, -0.1) is 0 Å². The largest absolute Gasteiger partial charge is 0.480 e. The number of hydrogen-bond acceptors (Lipinski definition) is 10. The number of nitrogens with one attached hydrogen (secondary N) is 1.